The van der Waals surface area contributed by atoms with E-state index in [1.807, 2.05) is 19.1 Å². The number of halogens is 2. The van der Waals surface area contributed by atoms with E-state index in [1.165, 1.54) is 23.3 Å². The molecular formula is C20H22F2N2O2. The van der Waals surface area contributed by atoms with Gasteiger partial charge in [0.1, 0.15) is 5.75 Å². The van der Waals surface area contributed by atoms with Gasteiger partial charge in [-0.2, -0.15) is 8.78 Å². The van der Waals surface area contributed by atoms with Gasteiger partial charge in [0.05, 0.1) is 12.1 Å². The smallest absolute Gasteiger partial charge is 0.387 e. The highest BCUT2D eigenvalue weighted by Crippen LogP contribution is 2.29. The predicted octanol–water partition coefficient (Wildman–Crippen LogP) is 4.73. The van der Waals surface area contributed by atoms with Crippen LogP contribution in [0.15, 0.2) is 48.5 Å². The van der Waals surface area contributed by atoms with Crippen LogP contribution in [0.3, 0.4) is 0 Å². The van der Waals surface area contributed by atoms with E-state index in [9.17, 15) is 13.6 Å². The van der Waals surface area contributed by atoms with Crippen molar-refractivity contribution >= 4 is 6.03 Å². The molecule has 0 bridgehead atoms. The Morgan fingerprint density at radius 1 is 1.15 bits per heavy atom. The second kappa shape index (κ2) is 8.17. The predicted molar refractivity (Wildman–Crippen MR) is 95.3 cm³/mol. The maximum Gasteiger partial charge on any atom is 0.387 e. The standard InChI is InChI=1S/C20H22F2N2O2/c1-13(14-9-11-16(12-10-14)26-19(21)22)23-20(25)24-18-8-4-6-15-5-2-3-7-17(15)18/h2-3,5,7,9-13,18-19H,4,6,8H2,1H3,(H2,23,24,25). The molecule has 0 heterocycles. The summed E-state index contributed by atoms with van der Waals surface area (Å²) < 4.78 is 28.7. The van der Waals surface area contributed by atoms with Crippen molar-refractivity contribution in [3.05, 3.63) is 65.2 Å². The Hall–Kier alpha value is -2.63. The Balaban J connectivity index is 1.58. The average molecular weight is 360 g/mol. The number of benzene rings is 2. The number of urea groups is 1. The third-order valence-electron chi connectivity index (χ3n) is 4.63. The highest BCUT2D eigenvalue weighted by Gasteiger charge is 2.22. The van der Waals surface area contributed by atoms with Crippen LogP contribution in [0, 0.1) is 0 Å². The number of amides is 2. The molecule has 0 saturated heterocycles. The summed E-state index contributed by atoms with van der Waals surface area (Å²) in [6, 6.07) is 13.9. The van der Waals surface area contributed by atoms with Gasteiger partial charge >= 0.3 is 12.6 Å². The number of hydrogen-bond acceptors (Lipinski definition) is 2. The first-order chi connectivity index (χ1) is 12.5. The molecule has 6 heteroatoms. The van der Waals surface area contributed by atoms with Gasteiger partial charge in [0, 0.05) is 0 Å². The Bertz CT molecular complexity index is 750. The molecule has 2 atom stereocenters. The van der Waals surface area contributed by atoms with Crippen LogP contribution in [0.5, 0.6) is 5.75 Å². The van der Waals surface area contributed by atoms with Crippen LogP contribution in [-0.2, 0) is 6.42 Å². The summed E-state index contributed by atoms with van der Waals surface area (Å²) in [6.45, 7) is -1.00. The third-order valence-corrected chi connectivity index (χ3v) is 4.63. The van der Waals surface area contributed by atoms with Gasteiger partial charge in [-0.1, -0.05) is 36.4 Å². The van der Waals surface area contributed by atoms with Gasteiger partial charge in [0.25, 0.3) is 0 Å². The topological polar surface area (TPSA) is 50.4 Å². The number of aryl methyl sites for hydroxylation is 1. The summed E-state index contributed by atoms with van der Waals surface area (Å²) in [7, 11) is 0. The number of fused-ring (bicyclic) bond motifs is 1. The third kappa shape index (κ3) is 4.50. The Morgan fingerprint density at radius 2 is 1.88 bits per heavy atom. The van der Waals surface area contributed by atoms with Gasteiger partial charge in [-0.15, -0.1) is 0 Å². The van der Waals surface area contributed by atoms with Crippen LogP contribution in [0.4, 0.5) is 13.6 Å². The van der Waals surface area contributed by atoms with Crippen LogP contribution in [0.25, 0.3) is 0 Å². The molecule has 0 fully saturated rings. The average Bonchev–Trinajstić information content (AvgIpc) is 2.62. The number of alkyl halides is 2. The van der Waals surface area contributed by atoms with Gasteiger partial charge in [-0.25, -0.2) is 4.79 Å². The summed E-state index contributed by atoms with van der Waals surface area (Å²) in [5.74, 6) is 0.0965. The van der Waals surface area contributed by atoms with Gasteiger partial charge in [0.2, 0.25) is 0 Å². The van der Waals surface area contributed by atoms with Crippen molar-refractivity contribution in [1.29, 1.82) is 0 Å². The van der Waals surface area contributed by atoms with Crippen LogP contribution in [0.2, 0.25) is 0 Å². The lowest BCUT2D eigenvalue weighted by Crippen LogP contribution is -2.40. The summed E-state index contributed by atoms with van der Waals surface area (Å²) in [4.78, 5) is 12.4. The summed E-state index contributed by atoms with van der Waals surface area (Å²) in [5.41, 5.74) is 3.27. The lowest BCUT2D eigenvalue weighted by molar-refractivity contribution is -0.0498. The first-order valence-electron chi connectivity index (χ1n) is 8.72. The number of rotatable bonds is 5. The highest BCUT2D eigenvalue weighted by molar-refractivity contribution is 5.75. The molecule has 2 amide bonds. The van der Waals surface area contributed by atoms with Crippen LogP contribution >= 0.6 is 0 Å². The fraction of sp³-hybridized carbons (Fsp3) is 0.350. The van der Waals surface area contributed by atoms with E-state index in [4.69, 9.17) is 0 Å². The number of carbonyl (C=O) groups is 1. The molecular weight excluding hydrogens is 338 g/mol. The second-order valence-electron chi connectivity index (χ2n) is 6.43. The molecule has 2 aromatic rings. The van der Waals surface area contributed by atoms with Crippen molar-refractivity contribution in [3.63, 3.8) is 0 Å². The zero-order chi connectivity index (χ0) is 18.5. The van der Waals surface area contributed by atoms with Gasteiger partial charge in [0.15, 0.2) is 0 Å². The van der Waals surface area contributed by atoms with Crippen LogP contribution in [0.1, 0.15) is 48.5 Å². The first kappa shape index (κ1) is 18.2. The van der Waals surface area contributed by atoms with E-state index >= 15 is 0 Å². The molecule has 0 radical (unpaired) electrons. The van der Waals surface area contributed by atoms with E-state index < -0.39 is 6.61 Å². The summed E-state index contributed by atoms with van der Waals surface area (Å²) in [5, 5.41) is 5.93. The van der Waals surface area contributed by atoms with E-state index in [1.54, 1.807) is 12.1 Å². The monoisotopic (exact) mass is 360 g/mol. The van der Waals surface area contributed by atoms with E-state index in [0.29, 0.717) is 0 Å². The van der Waals surface area contributed by atoms with E-state index in [2.05, 4.69) is 27.5 Å². The quantitative estimate of drug-likeness (QED) is 0.810. The lowest BCUT2D eigenvalue weighted by atomic mass is 9.88. The van der Waals surface area contributed by atoms with Crippen molar-refractivity contribution < 1.29 is 18.3 Å². The molecule has 1 aliphatic rings. The van der Waals surface area contributed by atoms with Crippen molar-refractivity contribution in [3.8, 4) is 5.75 Å². The van der Waals surface area contributed by atoms with Crippen molar-refractivity contribution in [2.45, 2.75) is 44.9 Å². The number of nitrogens with one attached hydrogen (secondary N) is 2. The Labute approximate surface area is 151 Å². The number of carbonyl (C=O) groups excluding carboxylic acids is 1. The molecule has 4 nitrogen and oxygen atoms in total. The van der Waals surface area contributed by atoms with Crippen molar-refractivity contribution in [1.82, 2.24) is 10.6 Å². The van der Waals surface area contributed by atoms with Crippen LogP contribution < -0.4 is 15.4 Å². The van der Waals surface area contributed by atoms with Crippen molar-refractivity contribution in [2.24, 2.45) is 0 Å². The summed E-state index contributed by atoms with van der Waals surface area (Å²) >= 11 is 0. The Kier molecular flexibility index (Phi) is 5.71. The minimum absolute atomic E-state index is 0.00830. The maximum absolute atomic E-state index is 12.4. The molecule has 26 heavy (non-hydrogen) atoms. The molecule has 0 aliphatic heterocycles. The minimum atomic E-state index is -2.85. The SMILES string of the molecule is CC(NC(=O)NC1CCCc2ccccc21)c1ccc(OC(F)F)cc1. The van der Waals surface area contributed by atoms with Crippen LogP contribution in [-0.4, -0.2) is 12.6 Å². The molecule has 0 aromatic heterocycles. The molecule has 1 aliphatic carbocycles. The molecule has 2 N–H and O–H groups in total. The Morgan fingerprint density at radius 3 is 2.62 bits per heavy atom. The second-order valence-corrected chi connectivity index (χ2v) is 6.43. The largest absolute Gasteiger partial charge is 0.435 e. The van der Waals surface area contributed by atoms with Gasteiger partial charge in [-0.3, -0.25) is 0 Å². The molecule has 3 rings (SSSR count). The van der Waals surface area contributed by atoms with Gasteiger partial charge < -0.3 is 15.4 Å². The van der Waals surface area contributed by atoms with Crippen molar-refractivity contribution in [2.75, 3.05) is 0 Å². The fourth-order valence-corrected chi connectivity index (χ4v) is 3.32. The summed E-state index contributed by atoms with van der Waals surface area (Å²) in [6.07, 6.45) is 3.00. The van der Waals surface area contributed by atoms with E-state index in [-0.39, 0.29) is 23.9 Å². The maximum atomic E-state index is 12.4. The zero-order valence-corrected chi connectivity index (χ0v) is 14.5. The molecule has 138 valence electrons. The number of hydrogen-bond donors (Lipinski definition) is 2. The number of ether oxygens (including phenoxy) is 1. The van der Waals surface area contributed by atoms with Gasteiger partial charge in [-0.05, 0) is 55.0 Å². The van der Waals surface area contributed by atoms with E-state index in [0.717, 1.165) is 24.8 Å². The molecule has 2 aromatic carbocycles. The lowest BCUT2D eigenvalue weighted by Gasteiger charge is -2.27. The normalized spacial score (nSPS) is 17.3. The fourth-order valence-electron chi connectivity index (χ4n) is 3.32. The first-order valence-corrected chi connectivity index (χ1v) is 8.72. The highest BCUT2D eigenvalue weighted by atomic mass is 19.3. The zero-order valence-electron chi connectivity index (χ0n) is 14.5. The minimum Gasteiger partial charge on any atom is -0.435 e. The molecule has 0 saturated carbocycles. The molecule has 2 unspecified atom stereocenters. The molecule has 0 spiro atoms.